The van der Waals surface area contributed by atoms with Crippen LogP contribution in [0.2, 0.25) is 0 Å². The maximum Gasteiger partial charge on any atom is 0.323 e. The van der Waals surface area contributed by atoms with E-state index in [1.54, 1.807) is 0 Å². The largest absolute Gasteiger partial charge is 0.468 e. The van der Waals surface area contributed by atoms with Crippen molar-refractivity contribution in [3.63, 3.8) is 0 Å². The molecule has 92 valence electrons. The lowest BCUT2D eigenvalue weighted by atomic mass is 9.93. The zero-order valence-electron chi connectivity index (χ0n) is 10.4. The summed E-state index contributed by atoms with van der Waals surface area (Å²) in [5.74, 6) is 1.43. The van der Waals surface area contributed by atoms with Crippen LogP contribution < -0.4 is 0 Å². The molecule has 16 heavy (non-hydrogen) atoms. The minimum Gasteiger partial charge on any atom is -0.468 e. The van der Waals surface area contributed by atoms with Crippen molar-refractivity contribution in [2.75, 3.05) is 20.2 Å². The molecule has 2 fully saturated rings. The number of piperidine rings is 1. The number of carbonyl (C=O) groups excluding carboxylic acids is 1. The van der Waals surface area contributed by atoms with Gasteiger partial charge >= 0.3 is 5.97 Å². The number of ether oxygens (including phenoxy) is 1. The number of likely N-dealkylation sites (tertiary alicyclic amines) is 1. The Hall–Kier alpha value is -0.570. The van der Waals surface area contributed by atoms with Crippen LogP contribution in [0, 0.1) is 11.8 Å². The summed E-state index contributed by atoms with van der Waals surface area (Å²) >= 11 is 0. The summed E-state index contributed by atoms with van der Waals surface area (Å²) in [6, 6.07) is 0.0582. The Labute approximate surface area is 98.1 Å². The molecule has 1 heterocycles. The van der Waals surface area contributed by atoms with E-state index in [2.05, 4.69) is 11.8 Å². The van der Waals surface area contributed by atoms with E-state index < -0.39 is 0 Å². The lowest BCUT2D eigenvalue weighted by molar-refractivity contribution is -0.148. The predicted molar refractivity (Wildman–Crippen MR) is 63.1 cm³/mol. The Morgan fingerprint density at radius 3 is 2.38 bits per heavy atom. The van der Waals surface area contributed by atoms with Crippen LogP contribution in [0.1, 0.15) is 39.0 Å². The molecule has 0 amide bonds. The van der Waals surface area contributed by atoms with Crippen LogP contribution in [0.3, 0.4) is 0 Å². The third kappa shape index (κ3) is 2.57. The molecule has 2 aliphatic rings. The minimum atomic E-state index is -0.0163. The number of nitrogens with zero attached hydrogens (tertiary/aromatic N) is 1. The van der Waals surface area contributed by atoms with Gasteiger partial charge < -0.3 is 4.74 Å². The molecule has 1 atom stereocenters. The van der Waals surface area contributed by atoms with Crippen LogP contribution >= 0.6 is 0 Å². The van der Waals surface area contributed by atoms with Crippen molar-refractivity contribution in [3.8, 4) is 0 Å². The summed E-state index contributed by atoms with van der Waals surface area (Å²) in [4.78, 5) is 14.1. The molecule has 0 aromatic carbocycles. The molecular weight excluding hydrogens is 202 g/mol. The number of hydrogen-bond donors (Lipinski definition) is 0. The fraction of sp³-hybridized carbons (Fsp3) is 0.923. The first-order valence-electron chi connectivity index (χ1n) is 6.58. The van der Waals surface area contributed by atoms with Crippen LogP contribution in [0.5, 0.6) is 0 Å². The maximum absolute atomic E-state index is 11.8. The second-order valence-electron chi connectivity index (χ2n) is 5.19. The van der Waals surface area contributed by atoms with Crippen molar-refractivity contribution < 1.29 is 9.53 Å². The first-order chi connectivity index (χ1) is 7.76. The van der Waals surface area contributed by atoms with Gasteiger partial charge in [0.2, 0.25) is 0 Å². The third-order valence-corrected chi connectivity index (χ3v) is 4.13. The molecule has 1 saturated carbocycles. The van der Waals surface area contributed by atoms with Crippen LogP contribution in [0.4, 0.5) is 0 Å². The molecule has 2 rings (SSSR count). The number of methoxy groups -OCH3 is 1. The average molecular weight is 225 g/mol. The van der Waals surface area contributed by atoms with Crippen LogP contribution in [0.15, 0.2) is 0 Å². The summed E-state index contributed by atoms with van der Waals surface area (Å²) in [5, 5.41) is 0. The monoisotopic (exact) mass is 225 g/mol. The van der Waals surface area contributed by atoms with E-state index in [1.807, 2.05) is 0 Å². The van der Waals surface area contributed by atoms with Gasteiger partial charge in [-0.15, -0.1) is 0 Å². The Kier molecular flexibility index (Phi) is 3.85. The quantitative estimate of drug-likeness (QED) is 0.686. The zero-order valence-corrected chi connectivity index (χ0v) is 10.4. The molecule has 0 spiro atoms. The molecule has 3 heteroatoms. The highest BCUT2D eigenvalue weighted by atomic mass is 16.5. The van der Waals surface area contributed by atoms with E-state index in [1.165, 1.54) is 39.2 Å². The van der Waals surface area contributed by atoms with Gasteiger partial charge in [0.25, 0.3) is 0 Å². The maximum atomic E-state index is 11.8. The Bertz CT molecular complexity index is 242. The summed E-state index contributed by atoms with van der Waals surface area (Å²) in [7, 11) is 1.51. The molecule has 1 aliphatic heterocycles. The first-order valence-corrected chi connectivity index (χ1v) is 6.58. The summed E-state index contributed by atoms with van der Waals surface area (Å²) in [6.07, 6.45) is 6.18. The Balaban J connectivity index is 1.91. The van der Waals surface area contributed by atoms with Gasteiger partial charge in [0.15, 0.2) is 0 Å². The van der Waals surface area contributed by atoms with Gasteiger partial charge in [-0.1, -0.05) is 13.3 Å². The highest BCUT2D eigenvalue weighted by Gasteiger charge is 2.41. The highest BCUT2D eigenvalue weighted by Crippen LogP contribution is 2.37. The fourth-order valence-electron chi connectivity index (χ4n) is 2.81. The topological polar surface area (TPSA) is 29.5 Å². The predicted octanol–water partition coefficient (Wildman–Crippen LogP) is 2.06. The van der Waals surface area contributed by atoms with Crippen LogP contribution in [-0.2, 0) is 9.53 Å². The molecule has 0 radical (unpaired) electrons. The normalized spacial score (nSPS) is 25.4. The van der Waals surface area contributed by atoms with Crippen LogP contribution in [-0.4, -0.2) is 37.1 Å². The molecular formula is C13H23NO2. The Morgan fingerprint density at radius 1 is 1.31 bits per heavy atom. The van der Waals surface area contributed by atoms with E-state index in [0.717, 1.165) is 19.0 Å². The Morgan fingerprint density at radius 2 is 1.94 bits per heavy atom. The average Bonchev–Trinajstić information content (AvgIpc) is 3.14. The number of esters is 1. The molecule has 3 nitrogen and oxygen atoms in total. The lowest BCUT2D eigenvalue weighted by Gasteiger charge is -2.36. The molecule has 0 N–H and O–H groups in total. The zero-order chi connectivity index (χ0) is 11.5. The molecule has 1 unspecified atom stereocenters. The van der Waals surface area contributed by atoms with Gasteiger partial charge in [0.05, 0.1) is 7.11 Å². The highest BCUT2D eigenvalue weighted by molar-refractivity contribution is 5.76. The van der Waals surface area contributed by atoms with E-state index >= 15 is 0 Å². The van der Waals surface area contributed by atoms with Crippen molar-refractivity contribution in [2.24, 2.45) is 11.8 Å². The van der Waals surface area contributed by atoms with Gasteiger partial charge in [-0.3, -0.25) is 9.69 Å². The standard InChI is InChI=1S/C13H23NO2/c1-3-10-6-8-14(9-7-10)12(11-4-5-11)13(15)16-2/h10-12H,3-9H2,1-2H3. The van der Waals surface area contributed by atoms with E-state index in [-0.39, 0.29) is 12.0 Å². The third-order valence-electron chi connectivity index (χ3n) is 4.13. The van der Waals surface area contributed by atoms with E-state index in [0.29, 0.717) is 5.92 Å². The van der Waals surface area contributed by atoms with Crippen molar-refractivity contribution in [1.29, 1.82) is 0 Å². The summed E-state index contributed by atoms with van der Waals surface area (Å²) < 4.78 is 4.94. The van der Waals surface area contributed by atoms with Crippen molar-refractivity contribution in [1.82, 2.24) is 4.90 Å². The van der Waals surface area contributed by atoms with E-state index in [9.17, 15) is 4.79 Å². The second kappa shape index (κ2) is 5.17. The van der Waals surface area contributed by atoms with Gasteiger partial charge in [-0.2, -0.15) is 0 Å². The first kappa shape index (κ1) is 11.9. The molecule has 0 bridgehead atoms. The fourth-order valence-corrected chi connectivity index (χ4v) is 2.81. The number of hydrogen-bond acceptors (Lipinski definition) is 3. The summed E-state index contributed by atoms with van der Waals surface area (Å²) in [6.45, 7) is 4.42. The number of rotatable bonds is 4. The smallest absolute Gasteiger partial charge is 0.323 e. The van der Waals surface area contributed by atoms with Crippen molar-refractivity contribution >= 4 is 5.97 Å². The lowest BCUT2D eigenvalue weighted by Crippen LogP contribution is -2.47. The second-order valence-corrected chi connectivity index (χ2v) is 5.19. The van der Waals surface area contributed by atoms with Gasteiger partial charge in [0, 0.05) is 0 Å². The van der Waals surface area contributed by atoms with Gasteiger partial charge in [-0.25, -0.2) is 0 Å². The van der Waals surface area contributed by atoms with Crippen molar-refractivity contribution in [3.05, 3.63) is 0 Å². The summed E-state index contributed by atoms with van der Waals surface area (Å²) in [5.41, 5.74) is 0. The minimum absolute atomic E-state index is 0.0163. The number of carbonyl (C=O) groups is 1. The van der Waals surface area contributed by atoms with Crippen molar-refractivity contribution in [2.45, 2.75) is 45.1 Å². The SMILES string of the molecule is CCC1CCN(C(C(=O)OC)C2CC2)CC1. The molecule has 1 aliphatic carbocycles. The van der Waals surface area contributed by atoms with Gasteiger partial charge in [-0.05, 0) is 50.6 Å². The molecule has 0 aromatic heterocycles. The molecule has 0 aromatic rings. The van der Waals surface area contributed by atoms with Gasteiger partial charge in [0.1, 0.15) is 6.04 Å². The van der Waals surface area contributed by atoms with E-state index in [4.69, 9.17) is 4.74 Å². The van der Waals surface area contributed by atoms with Crippen LogP contribution in [0.25, 0.3) is 0 Å². The molecule has 1 saturated heterocycles.